The number of nitrogens with zero attached hydrogens (tertiary/aromatic N) is 3. The minimum absolute atomic E-state index is 0.0409. The molecule has 2 aromatic carbocycles. The second-order valence-electron chi connectivity index (χ2n) is 9.61. The lowest BCUT2D eigenvalue weighted by Gasteiger charge is -2.37. The Morgan fingerprint density at radius 2 is 1.94 bits per heavy atom. The second kappa shape index (κ2) is 9.23. The second-order valence-corrected chi connectivity index (χ2v) is 9.61. The van der Waals surface area contributed by atoms with Crippen LogP contribution < -0.4 is 4.74 Å². The Kier molecular flexibility index (Phi) is 6.19. The summed E-state index contributed by atoms with van der Waals surface area (Å²) in [5.74, 6) is 0.958. The molecule has 3 aliphatic rings. The molecule has 0 amide bonds. The number of benzene rings is 2. The van der Waals surface area contributed by atoms with E-state index in [1.165, 1.54) is 24.8 Å². The van der Waals surface area contributed by atoms with Crippen molar-refractivity contribution in [1.29, 1.82) is 5.26 Å². The van der Waals surface area contributed by atoms with Crippen LogP contribution in [0.4, 0.5) is 0 Å². The Morgan fingerprint density at radius 1 is 1.12 bits per heavy atom. The van der Waals surface area contributed by atoms with Crippen LogP contribution in [0.15, 0.2) is 48.5 Å². The fourth-order valence-corrected chi connectivity index (χ4v) is 5.51. The van der Waals surface area contributed by atoms with Gasteiger partial charge in [0.15, 0.2) is 0 Å². The quantitative estimate of drug-likeness (QED) is 0.616. The summed E-state index contributed by atoms with van der Waals surface area (Å²) in [7, 11) is 2.20. The highest BCUT2D eigenvalue weighted by molar-refractivity contribution is 5.47. The number of hydrogen-bond acceptors (Lipinski definition) is 5. The minimum atomic E-state index is -0.0409. The maximum atomic E-state index is 9.88. The highest BCUT2D eigenvalue weighted by Gasteiger charge is 2.62. The molecular formula is C27H33N3O2. The SMILES string of the molecule is CN1CCN(CC(c2ccc(OCc3ccccc3)c(C#N)c2)C23CCCCC2O3)CC1. The van der Waals surface area contributed by atoms with E-state index in [1.807, 2.05) is 36.4 Å². The summed E-state index contributed by atoms with van der Waals surface area (Å²) in [5.41, 5.74) is 2.90. The molecule has 3 fully saturated rings. The topological polar surface area (TPSA) is 52.0 Å². The summed E-state index contributed by atoms with van der Waals surface area (Å²) in [6.45, 7) is 5.88. The first-order valence-electron chi connectivity index (χ1n) is 12.0. The molecule has 0 spiro atoms. The van der Waals surface area contributed by atoms with Crippen LogP contribution in [0.1, 0.15) is 48.3 Å². The van der Waals surface area contributed by atoms with E-state index >= 15 is 0 Å². The van der Waals surface area contributed by atoms with Crippen molar-refractivity contribution < 1.29 is 9.47 Å². The third-order valence-electron chi connectivity index (χ3n) is 7.52. The highest BCUT2D eigenvalue weighted by atomic mass is 16.6. The van der Waals surface area contributed by atoms with Gasteiger partial charge in [0.1, 0.15) is 24.0 Å². The summed E-state index contributed by atoms with van der Waals surface area (Å²) in [4.78, 5) is 4.98. The number of piperazine rings is 1. The standard InChI is InChI=1S/C27H33N3O2/c1-29-13-15-30(16-14-29)19-24(27-12-6-5-9-26(27)32-27)22-10-11-25(23(17-22)18-28)31-20-21-7-3-2-4-8-21/h2-4,7-8,10-11,17,24,26H,5-6,9,12-16,19-20H2,1H3. The van der Waals surface area contributed by atoms with Gasteiger partial charge in [-0.15, -0.1) is 0 Å². The maximum absolute atomic E-state index is 9.88. The van der Waals surface area contributed by atoms with Gasteiger partial charge in [-0.25, -0.2) is 0 Å². The molecule has 5 rings (SSSR count). The van der Waals surface area contributed by atoms with Crippen LogP contribution >= 0.6 is 0 Å². The first-order valence-corrected chi connectivity index (χ1v) is 12.0. The van der Waals surface area contributed by atoms with Crippen LogP contribution in [-0.2, 0) is 11.3 Å². The fraction of sp³-hybridized carbons (Fsp3) is 0.519. The van der Waals surface area contributed by atoms with Gasteiger partial charge in [0.25, 0.3) is 0 Å². The van der Waals surface area contributed by atoms with E-state index in [4.69, 9.17) is 9.47 Å². The lowest BCUT2D eigenvalue weighted by molar-refractivity contribution is 0.125. The Hall–Kier alpha value is -2.39. The summed E-state index contributed by atoms with van der Waals surface area (Å²) in [5, 5.41) is 9.88. The predicted molar refractivity (Wildman–Crippen MR) is 125 cm³/mol. The van der Waals surface area contributed by atoms with Gasteiger partial charge >= 0.3 is 0 Å². The van der Waals surface area contributed by atoms with E-state index < -0.39 is 0 Å². The van der Waals surface area contributed by atoms with Gasteiger partial charge in [0.2, 0.25) is 0 Å². The highest BCUT2D eigenvalue weighted by Crippen LogP contribution is 2.56. The van der Waals surface area contributed by atoms with Crippen LogP contribution in [0.5, 0.6) is 5.75 Å². The number of likely N-dealkylation sites (N-methyl/N-ethyl adjacent to an activating group) is 1. The van der Waals surface area contributed by atoms with Crippen LogP contribution in [0, 0.1) is 11.3 Å². The van der Waals surface area contributed by atoms with Crippen molar-refractivity contribution in [2.24, 2.45) is 0 Å². The number of epoxide rings is 1. The maximum Gasteiger partial charge on any atom is 0.137 e. The Bertz CT molecular complexity index is 965. The third kappa shape index (κ3) is 4.41. The molecule has 0 bridgehead atoms. The van der Waals surface area contributed by atoms with E-state index in [1.54, 1.807) is 0 Å². The molecule has 3 atom stereocenters. The third-order valence-corrected chi connectivity index (χ3v) is 7.52. The molecule has 0 radical (unpaired) electrons. The van der Waals surface area contributed by atoms with Gasteiger partial charge in [-0.05, 0) is 43.1 Å². The summed E-state index contributed by atoms with van der Waals surface area (Å²) < 4.78 is 12.4. The molecule has 0 N–H and O–H groups in total. The number of hydrogen-bond donors (Lipinski definition) is 0. The predicted octanol–water partition coefficient (Wildman–Crippen LogP) is 4.18. The van der Waals surface area contributed by atoms with Crippen LogP contribution in [0.2, 0.25) is 0 Å². The first-order chi connectivity index (χ1) is 15.7. The molecule has 2 heterocycles. The molecule has 5 heteroatoms. The monoisotopic (exact) mass is 431 g/mol. The average molecular weight is 432 g/mol. The Balaban J connectivity index is 1.37. The zero-order valence-electron chi connectivity index (χ0n) is 19.0. The Labute approximate surface area is 191 Å². The molecule has 32 heavy (non-hydrogen) atoms. The molecule has 168 valence electrons. The van der Waals surface area contributed by atoms with Crippen molar-refractivity contribution in [2.45, 2.75) is 49.9 Å². The van der Waals surface area contributed by atoms with Crippen LogP contribution in [-0.4, -0.2) is 61.3 Å². The molecule has 0 aromatic heterocycles. The van der Waals surface area contributed by atoms with Crippen molar-refractivity contribution in [3.05, 3.63) is 65.2 Å². The van der Waals surface area contributed by atoms with Crippen LogP contribution in [0.3, 0.4) is 0 Å². The van der Waals surface area contributed by atoms with Crippen molar-refractivity contribution in [3.8, 4) is 11.8 Å². The molecule has 1 aliphatic carbocycles. The molecule has 1 saturated carbocycles. The smallest absolute Gasteiger partial charge is 0.137 e. The van der Waals surface area contributed by atoms with E-state index in [2.05, 4.69) is 35.0 Å². The van der Waals surface area contributed by atoms with E-state index in [0.717, 1.165) is 44.7 Å². The number of rotatable bonds is 7. The van der Waals surface area contributed by atoms with E-state index in [-0.39, 0.29) is 5.60 Å². The largest absolute Gasteiger partial charge is 0.488 e. The first kappa shape index (κ1) is 21.5. The zero-order valence-corrected chi connectivity index (χ0v) is 19.0. The van der Waals surface area contributed by atoms with Crippen molar-refractivity contribution >= 4 is 0 Å². The average Bonchev–Trinajstić information content (AvgIpc) is 3.59. The van der Waals surface area contributed by atoms with Gasteiger partial charge in [0, 0.05) is 38.6 Å². The summed E-state index contributed by atoms with van der Waals surface area (Å²) >= 11 is 0. The normalized spacial score (nSPS) is 26.7. The summed E-state index contributed by atoms with van der Waals surface area (Å²) in [6, 6.07) is 18.7. The lowest BCUT2D eigenvalue weighted by Crippen LogP contribution is -2.47. The molecule has 2 aliphatic heterocycles. The van der Waals surface area contributed by atoms with E-state index in [9.17, 15) is 5.26 Å². The van der Waals surface area contributed by atoms with Crippen molar-refractivity contribution in [2.75, 3.05) is 39.8 Å². The van der Waals surface area contributed by atoms with Gasteiger partial charge in [-0.3, -0.25) is 0 Å². The molecule has 2 saturated heterocycles. The van der Waals surface area contributed by atoms with Gasteiger partial charge < -0.3 is 19.3 Å². The number of fused-ring (bicyclic) bond motifs is 1. The van der Waals surface area contributed by atoms with Gasteiger partial charge in [-0.1, -0.05) is 49.2 Å². The molecule has 3 unspecified atom stereocenters. The molecule has 5 nitrogen and oxygen atoms in total. The van der Waals surface area contributed by atoms with Crippen LogP contribution in [0.25, 0.3) is 0 Å². The molecular weight excluding hydrogens is 398 g/mol. The lowest BCUT2D eigenvalue weighted by atomic mass is 9.75. The number of nitriles is 1. The Morgan fingerprint density at radius 3 is 2.69 bits per heavy atom. The van der Waals surface area contributed by atoms with Crippen molar-refractivity contribution in [1.82, 2.24) is 9.80 Å². The zero-order chi connectivity index (χ0) is 22.0. The minimum Gasteiger partial charge on any atom is -0.488 e. The fourth-order valence-electron chi connectivity index (χ4n) is 5.51. The van der Waals surface area contributed by atoms with E-state index in [0.29, 0.717) is 29.9 Å². The van der Waals surface area contributed by atoms with Gasteiger partial charge in [-0.2, -0.15) is 5.26 Å². The van der Waals surface area contributed by atoms with Gasteiger partial charge in [0.05, 0.1) is 11.7 Å². The molecule has 2 aromatic rings. The number of ether oxygens (including phenoxy) is 2. The van der Waals surface area contributed by atoms with Crippen molar-refractivity contribution in [3.63, 3.8) is 0 Å². The summed E-state index contributed by atoms with van der Waals surface area (Å²) in [6.07, 6.45) is 5.18.